The average molecular weight is 322 g/mol. The summed E-state index contributed by atoms with van der Waals surface area (Å²) in [5.41, 5.74) is 4.02. The van der Waals surface area contributed by atoms with Crippen molar-refractivity contribution in [1.82, 2.24) is 14.5 Å². The molecule has 0 saturated carbocycles. The van der Waals surface area contributed by atoms with Crippen LogP contribution in [-0.4, -0.2) is 26.1 Å². The molecule has 4 rings (SSSR count). The molecular formula is C17H14N4O3. The predicted molar refractivity (Wildman–Crippen MR) is 89.1 cm³/mol. The van der Waals surface area contributed by atoms with Crippen LogP contribution in [0.4, 0.5) is 11.5 Å². The quantitative estimate of drug-likeness (QED) is 0.561. The zero-order valence-corrected chi connectivity index (χ0v) is 12.5. The molecule has 0 saturated heterocycles. The summed E-state index contributed by atoms with van der Waals surface area (Å²) in [7, 11) is 0. The molecule has 0 spiro atoms. The first-order valence-electron chi connectivity index (χ1n) is 7.09. The van der Waals surface area contributed by atoms with Crippen molar-refractivity contribution in [3.63, 3.8) is 0 Å². The van der Waals surface area contributed by atoms with Crippen LogP contribution in [0.2, 0.25) is 0 Å². The van der Waals surface area contributed by atoms with E-state index in [2.05, 4.69) is 32.0 Å². The lowest BCUT2D eigenvalue weighted by Gasteiger charge is -2.06. The van der Waals surface area contributed by atoms with Gasteiger partial charge in [-0.3, -0.25) is 9.20 Å². The van der Waals surface area contributed by atoms with E-state index >= 15 is 0 Å². The SMILES string of the molecule is O=CO.c1cc(Nc2ccon2)cc(-c2cnc3ccccn23)c1. The molecule has 0 atom stereocenters. The van der Waals surface area contributed by atoms with E-state index in [1.165, 1.54) is 6.26 Å². The molecule has 1 aromatic carbocycles. The van der Waals surface area contributed by atoms with Gasteiger partial charge in [0.05, 0.1) is 11.9 Å². The normalized spacial score (nSPS) is 10.0. The van der Waals surface area contributed by atoms with Crippen LogP contribution in [-0.2, 0) is 4.79 Å². The summed E-state index contributed by atoms with van der Waals surface area (Å²) in [6.07, 6.45) is 5.43. The highest BCUT2D eigenvalue weighted by Gasteiger charge is 2.06. The van der Waals surface area contributed by atoms with Gasteiger partial charge in [-0.05, 0) is 24.3 Å². The summed E-state index contributed by atoms with van der Waals surface area (Å²) in [6, 6.07) is 15.9. The Bertz CT molecular complexity index is 932. The molecule has 0 aliphatic rings. The van der Waals surface area contributed by atoms with Crippen molar-refractivity contribution < 1.29 is 14.4 Å². The Balaban J connectivity index is 0.000000526. The fraction of sp³-hybridized carbons (Fsp3) is 0. The maximum Gasteiger partial charge on any atom is 0.290 e. The van der Waals surface area contributed by atoms with E-state index in [0.717, 1.165) is 22.6 Å². The van der Waals surface area contributed by atoms with Gasteiger partial charge in [0.25, 0.3) is 6.47 Å². The van der Waals surface area contributed by atoms with Crippen molar-refractivity contribution in [3.05, 3.63) is 67.2 Å². The summed E-state index contributed by atoms with van der Waals surface area (Å²) in [6.45, 7) is -0.250. The van der Waals surface area contributed by atoms with Crippen LogP contribution in [0.3, 0.4) is 0 Å². The van der Waals surface area contributed by atoms with Crippen LogP contribution < -0.4 is 5.32 Å². The summed E-state index contributed by atoms with van der Waals surface area (Å²) < 4.78 is 6.88. The molecule has 7 nitrogen and oxygen atoms in total. The van der Waals surface area contributed by atoms with Crippen LogP contribution in [0.25, 0.3) is 16.9 Å². The Morgan fingerprint density at radius 1 is 1.17 bits per heavy atom. The molecule has 3 heterocycles. The number of aromatic nitrogens is 3. The largest absolute Gasteiger partial charge is 0.483 e. The smallest absolute Gasteiger partial charge is 0.290 e. The molecule has 0 bridgehead atoms. The topological polar surface area (TPSA) is 92.7 Å². The van der Waals surface area contributed by atoms with E-state index in [4.69, 9.17) is 14.4 Å². The number of nitrogens with zero attached hydrogens (tertiary/aromatic N) is 3. The van der Waals surface area contributed by atoms with E-state index < -0.39 is 0 Å². The Labute approximate surface area is 137 Å². The van der Waals surface area contributed by atoms with Gasteiger partial charge in [-0.25, -0.2) is 4.98 Å². The molecule has 120 valence electrons. The molecule has 2 N–H and O–H groups in total. The second-order valence-corrected chi connectivity index (χ2v) is 4.77. The number of pyridine rings is 1. The number of rotatable bonds is 3. The minimum Gasteiger partial charge on any atom is -0.483 e. The first kappa shape index (κ1) is 15.3. The molecule has 0 fully saturated rings. The molecule has 0 amide bonds. The summed E-state index contributed by atoms with van der Waals surface area (Å²) in [4.78, 5) is 12.8. The standard InChI is InChI=1S/C16H12N4O.CH2O2/c1-2-8-20-14(11-17-16(20)6-1)12-4-3-5-13(10-12)18-15-7-9-21-19-15;2-1-3/h1-11H,(H,18,19);1H,(H,2,3). The van der Waals surface area contributed by atoms with Gasteiger partial charge in [0, 0.05) is 23.5 Å². The second kappa shape index (κ2) is 7.10. The number of anilines is 2. The lowest BCUT2D eigenvalue weighted by Crippen LogP contribution is -1.92. The molecule has 3 aromatic heterocycles. The first-order chi connectivity index (χ1) is 11.8. The molecule has 0 aliphatic heterocycles. The summed E-state index contributed by atoms with van der Waals surface area (Å²) in [5.74, 6) is 0.685. The van der Waals surface area contributed by atoms with Crippen molar-refractivity contribution >= 4 is 23.6 Å². The van der Waals surface area contributed by atoms with Crippen LogP contribution >= 0.6 is 0 Å². The molecule has 0 unspecified atom stereocenters. The number of imidazole rings is 1. The van der Waals surface area contributed by atoms with Crippen molar-refractivity contribution in [2.75, 3.05) is 5.32 Å². The van der Waals surface area contributed by atoms with Crippen LogP contribution in [0.5, 0.6) is 0 Å². The van der Waals surface area contributed by atoms with E-state index in [0.29, 0.717) is 5.82 Å². The fourth-order valence-electron chi connectivity index (χ4n) is 2.33. The van der Waals surface area contributed by atoms with Gasteiger partial charge in [-0.2, -0.15) is 0 Å². The number of carbonyl (C=O) groups is 1. The second-order valence-electron chi connectivity index (χ2n) is 4.77. The number of hydrogen-bond acceptors (Lipinski definition) is 5. The third-order valence-electron chi connectivity index (χ3n) is 3.29. The molecule has 7 heteroatoms. The van der Waals surface area contributed by atoms with Crippen molar-refractivity contribution in [3.8, 4) is 11.3 Å². The summed E-state index contributed by atoms with van der Waals surface area (Å²) in [5, 5.41) is 13.9. The Morgan fingerprint density at radius 3 is 2.83 bits per heavy atom. The molecule has 4 aromatic rings. The zero-order valence-electron chi connectivity index (χ0n) is 12.5. The molecular weight excluding hydrogens is 308 g/mol. The van der Waals surface area contributed by atoms with E-state index in [1.54, 1.807) is 6.07 Å². The molecule has 24 heavy (non-hydrogen) atoms. The van der Waals surface area contributed by atoms with Gasteiger partial charge in [0.15, 0.2) is 5.82 Å². The van der Waals surface area contributed by atoms with Crippen molar-refractivity contribution in [2.45, 2.75) is 0 Å². The number of benzene rings is 1. The number of carboxylic acid groups (broad SMARTS) is 1. The molecule has 0 aliphatic carbocycles. The number of hydrogen-bond donors (Lipinski definition) is 2. The van der Waals surface area contributed by atoms with Gasteiger partial charge < -0.3 is 14.9 Å². The zero-order chi connectivity index (χ0) is 16.8. The lowest BCUT2D eigenvalue weighted by atomic mass is 10.1. The Hall–Kier alpha value is -3.61. The van der Waals surface area contributed by atoms with Crippen LogP contribution in [0, 0.1) is 0 Å². The van der Waals surface area contributed by atoms with E-state index in [9.17, 15) is 0 Å². The van der Waals surface area contributed by atoms with Crippen LogP contribution in [0.1, 0.15) is 0 Å². The highest BCUT2D eigenvalue weighted by molar-refractivity contribution is 5.69. The van der Waals surface area contributed by atoms with Crippen molar-refractivity contribution in [1.29, 1.82) is 0 Å². The number of nitrogens with one attached hydrogen (secondary N) is 1. The Morgan fingerprint density at radius 2 is 2.04 bits per heavy atom. The minimum atomic E-state index is -0.250. The van der Waals surface area contributed by atoms with Crippen molar-refractivity contribution in [2.24, 2.45) is 0 Å². The van der Waals surface area contributed by atoms with Gasteiger partial charge in [0.1, 0.15) is 11.9 Å². The third-order valence-corrected chi connectivity index (χ3v) is 3.29. The maximum absolute atomic E-state index is 8.36. The average Bonchev–Trinajstić information content (AvgIpc) is 3.25. The van der Waals surface area contributed by atoms with Gasteiger partial charge >= 0.3 is 0 Å². The number of fused-ring (bicyclic) bond motifs is 1. The predicted octanol–water partition coefficient (Wildman–Crippen LogP) is 3.43. The van der Waals surface area contributed by atoms with Gasteiger partial charge in [0.2, 0.25) is 0 Å². The highest BCUT2D eigenvalue weighted by Crippen LogP contribution is 2.25. The molecule has 0 radical (unpaired) electrons. The Kier molecular flexibility index (Phi) is 4.52. The third kappa shape index (κ3) is 3.25. The fourth-order valence-corrected chi connectivity index (χ4v) is 2.33. The lowest BCUT2D eigenvalue weighted by molar-refractivity contribution is -0.122. The van der Waals surface area contributed by atoms with Crippen LogP contribution in [0.15, 0.2) is 71.7 Å². The summed E-state index contributed by atoms with van der Waals surface area (Å²) >= 11 is 0. The maximum atomic E-state index is 8.36. The van der Waals surface area contributed by atoms with Gasteiger partial charge in [-0.15, -0.1) is 0 Å². The minimum absolute atomic E-state index is 0.250. The van der Waals surface area contributed by atoms with E-state index in [-0.39, 0.29) is 6.47 Å². The van der Waals surface area contributed by atoms with E-state index in [1.807, 2.05) is 42.7 Å². The first-order valence-corrected chi connectivity index (χ1v) is 7.09. The highest BCUT2D eigenvalue weighted by atomic mass is 16.5. The van der Waals surface area contributed by atoms with Gasteiger partial charge in [-0.1, -0.05) is 23.4 Å². The monoisotopic (exact) mass is 322 g/mol.